The highest BCUT2D eigenvalue weighted by molar-refractivity contribution is 6.03. The van der Waals surface area contributed by atoms with Crippen LogP contribution in [-0.4, -0.2) is 52.0 Å². The summed E-state index contributed by atoms with van der Waals surface area (Å²) in [5.74, 6) is 1.41. The Bertz CT molecular complexity index is 1300. The van der Waals surface area contributed by atoms with E-state index in [1.807, 2.05) is 95.8 Å². The standard InChI is InChI=1S/C27H27N5O3/c1-30(17-20-16-28-31(18-20)22-7-4-3-5-8-22)19-27(33)32-25(26-9-6-14-35-26)15-24(29-32)21-10-12-23(34-2)13-11-21/h3-14,16,18,25H,15,17,19H2,1-2H3/t25-/m1/s1. The highest BCUT2D eigenvalue weighted by atomic mass is 16.5. The van der Waals surface area contributed by atoms with E-state index in [1.54, 1.807) is 18.4 Å². The van der Waals surface area contributed by atoms with Crippen LogP contribution in [0.15, 0.2) is 94.9 Å². The van der Waals surface area contributed by atoms with Crippen molar-refractivity contribution in [2.24, 2.45) is 5.10 Å². The minimum atomic E-state index is -0.274. The molecule has 0 fully saturated rings. The molecule has 1 amide bonds. The zero-order valence-corrected chi connectivity index (χ0v) is 19.7. The molecule has 0 bridgehead atoms. The Morgan fingerprint density at radius 1 is 1.11 bits per heavy atom. The molecule has 0 radical (unpaired) electrons. The van der Waals surface area contributed by atoms with E-state index in [2.05, 4.69) is 5.10 Å². The summed E-state index contributed by atoms with van der Waals surface area (Å²) in [7, 11) is 3.56. The third-order valence-electron chi connectivity index (χ3n) is 5.98. The Hall–Kier alpha value is -4.17. The van der Waals surface area contributed by atoms with Gasteiger partial charge in [-0.3, -0.25) is 9.69 Å². The van der Waals surface area contributed by atoms with Crippen LogP contribution in [0.25, 0.3) is 5.69 Å². The first-order chi connectivity index (χ1) is 17.1. The second-order valence-electron chi connectivity index (χ2n) is 8.55. The number of likely N-dealkylation sites (N-methyl/N-ethyl adjacent to an activating group) is 1. The van der Waals surface area contributed by atoms with Crippen LogP contribution < -0.4 is 4.74 Å². The van der Waals surface area contributed by atoms with E-state index < -0.39 is 0 Å². The van der Waals surface area contributed by atoms with Gasteiger partial charge in [-0.2, -0.15) is 10.2 Å². The van der Waals surface area contributed by atoms with E-state index in [9.17, 15) is 4.79 Å². The summed E-state index contributed by atoms with van der Waals surface area (Å²) in [6.45, 7) is 0.806. The average Bonchev–Trinajstić information content (AvgIpc) is 3.65. The van der Waals surface area contributed by atoms with Crippen molar-refractivity contribution in [2.75, 3.05) is 20.7 Å². The monoisotopic (exact) mass is 469 g/mol. The number of benzene rings is 2. The number of rotatable bonds is 8. The van der Waals surface area contributed by atoms with Gasteiger partial charge in [-0.25, -0.2) is 9.69 Å². The van der Waals surface area contributed by atoms with Gasteiger partial charge in [0.15, 0.2) is 0 Å². The molecule has 0 spiro atoms. The van der Waals surface area contributed by atoms with Crippen molar-refractivity contribution in [1.29, 1.82) is 0 Å². The van der Waals surface area contributed by atoms with E-state index in [0.29, 0.717) is 13.0 Å². The Balaban J connectivity index is 1.29. The molecule has 8 heteroatoms. The minimum absolute atomic E-state index is 0.0899. The topological polar surface area (TPSA) is 76.1 Å². The van der Waals surface area contributed by atoms with Gasteiger partial charge in [0.05, 0.1) is 37.5 Å². The SMILES string of the molecule is COc1ccc(C2=NN(C(=O)CN(C)Cc3cnn(-c4ccccc4)c3)[C@@H](c3ccco3)C2)cc1. The quantitative estimate of drug-likeness (QED) is 0.385. The fourth-order valence-corrected chi connectivity index (χ4v) is 4.24. The molecule has 1 aliphatic heterocycles. The largest absolute Gasteiger partial charge is 0.497 e. The van der Waals surface area contributed by atoms with Crippen molar-refractivity contribution in [3.05, 3.63) is 102 Å². The predicted molar refractivity (Wildman–Crippen MR) is 132 cm³/mol. The maximum absolute atomic E-state index is 13.4. The van der Waals surface area contributed by atoms with Crippen molar-refractivity contribution in [1.82, 2.24) is 19.7 Å². The van der Waals surface area contributed by atoms with E-state index >= 15 is 0 Å². The maximum Gasteiger partial charge on any atom is 0.257 e. The summed E-state index contributed by atoms with van der Waals surface area (Å²) in [5, 5.41) is 10.7. The molecular formula is C27H27N5O3. The van der Waals surface area contributed by atoms with E-state index in [4.69, 9.17) is 14.3 Å². The molecule has 2 aromatic carbocycles. The molecule has 0 aliphatic carbocycles. The summed E-state index contributed by atoms with van der Waals surface area (Å²) < 4.78 is 12.7. The number of furan rings is 1. The van der Waals surface area contributed by atoms with Gasteiger partial charge in [-0.1, -0.05) is 18.2 Å². The number of methoxy groups -OCH3 is 1. The molecule has 1 aliphatic rings. The second kappa shape index (κ2) is 9.99. The van der Waals surface area contributed by atoms with Crippen molar-refractivity contribution in [3.8, 4) is 11.4 Å². The maximum atomic E-state index is 13.4. The van der Waals surface area contributed by atoms with E-state index in [0.717, 1.165) is 34.0 Å². The van der Waals surface area contributed by atoms with Crippen molar-refractivity contribution < 1.29 is 13.9 Å². The van der Waals surface area contributed by atoms with E-state index in [-0.39, 0.29) is 18.5 Å². The van der Waals surface area contributed by atoms with Gasteiger partial charge in [0.1, 0.15) is 17.6 Å². The minimum Gasteiger partial charge on any atom is -0.497 e. The lowest BCUT2D eigenvalue weighted by Crippen LogP contribution is -2.36. The molecule has 35 heavy (non-hydrogen) atoms. The van der Waals surface area contributed by atoms with Gasteiger partial charge < -0.3 is 9.15 Å². The first kappa shape index (κ1) is 22.6. The number of carbonyl (C=O) groups excluding carboxylic acids is 1. The summed E-state index contributed by atoms with van der Waals surface area (Å²) in [5.41, 5.74) is 3.82. The van der Waals surface area contributed by atoms with Crippen LogP contribution in [0.2, 0.25) is 0 Å². The van der Waals surface area contributed by atoms with Gasteiger partial charge in [0.25, 0.3) is 5.91 Å². The number of nitrogens with zero attached hydrogens (tertiary/aromatic N) is 5. The molecule has 0 N–H and O–H groups in total. The highest BCUT2D eigenvalue weighted by Crippen LogP contribution is 2.33. The summed E-state index contributed by atoms with van der Waals surface area (Å²) in [6, 6.07) is 21.1. The summed E-state index contributed by atoms with van der Waals surface area (Å²) >= 11 is 0. The molecule has 1 atom stereocenters. The molecule has 3 heterocycles. The number of hydrazone groups is 1. The number of hydrogen-bond donors (Lipinski definition) is 0. The van der Waals surface area contributed by atoms with Crippen LogP contribution in [0.5, 0.6) is 5.75 Å². The Morgan fingerprint density at radius 2 is 1.91 bits per heavy atom. The number of amides is 1. The summed E-state index contributed by atoms with van der Waals surface area (Å²) in [6.07, 6.45) is 6.02. The number of para-hydroxylation sites is 1. The van der Waals surface area contributed by atoms with Crippen LogP contribution in [0.1, 0.15) is 29.3 Å². The van der Waals surface area contributed by atoms with Crippen LogP contribution >= 0.6 is 0 Å². The zero-order chi connectivity index (χ0) is 24.2. The fourth-order valence-electron chi connectivity index (χ4n) is 4.24. The molecule has 0 saturated carbocycles. The van der Waals surface area contributed by atoms with Crippen LogP contribution in [0.3, 0.4) is 0 Å². The lowest BCUT2D eigenvalue weighted by atomic mass is 10.0. The zero-order valence-electron chi connectivity index (χ0n) is 19.7. The number of carbonyl (C=O) groups is 1. The van der Waals surface area contributed by atoms with Gasteiger partial charge >= 0.3 is 0 Å². The van der Waals surface area contributed by atoms with Crippen LogP contribution in [-0.2, 0) is 11.3 Å². The number of ether oxygens (including phenoxy) is 1. The van der Waals surface area contributed by atoms with Gasteiger partial charge in [-0.15, -0.1) is 0 Å². The normalized spacial score (nSPS) is 15.5. The average molecular weight is 470 g/mol. The molecule has 8 nitrogen and oxygen atoms in total. The Morgan fingerprint density at radius 3 is 2.63 bits per heavy atom. The predicted octanol–water partition coefficient (Wildman–Crippen LogP) is 4.28. The number of aromatic nitrogens is 2. The third kappa shape index (κ3) is 5.02. The van der Waals surface area contributed by atoms with Crippen molar-refractivity contribution >= 4 is 11.6 Å². The fraction of sp³-hybridized carbons (Fsp3) is 0.222. The van der Waals surface area contributed by atoms with E-state index in [1.165, 1.54) is 0 Å². The van der Waals surface area contributed by atoms with Crippen molar-refractivity contribution in [2.45, 2.75) is 19.0 Å². The number of hydrogen-bond acceptors (Lipinski definition) is 6. The first-order valence-electron chi connectivity index (χ1n) is 11.5. The summed E-state index contributed by atoms with van der Waals surface area (Å²) in [4.78, 5) is 15.3. The molecule has 5 rings (SSSR count). The molecule has 0 saturated heterocycles. The second-order valence-corrected chi connectivity index (χ2v) is 8.55. The highest BCUT2D eigenvalue weighted by Gasteiger charge is 2.35. The molecule has 0 unspecified atom stereocenters. The molecule has 2 aromatic heterocycles. The lowest BCUT2D eigenvalue weighted by molar-refractivity contribution is -0.134. The first-order valence-corrected chi connectivity index (χ1v) is 11.5. The smallest absolute Gasteiger partial charge is 0.257 e. The van der Waals surface area contributed by atoms with Crippen LogP contribution in [0.4, 0.5) is 0 Å². The van der Waals surface area contributed by atoms with Crippen molar-refractivity contribution in [3.63, 3.8) is 0 Å². The Labute approximate surface area is 204 Å². The lowest BCUT2D eigenvalue weighted by Gasteiger charge is -2.23. The third-order valence-corrected chi connectivity index (χ3v) is 5.98. The molecule has 178 valence electrons. The molecular weight excluding hydrogens is 442 g/mol. The molecule has 4 aromatic rings. The van der Waals surface area contributed by atoms with Gasteiger partial charge in [0.2, 0.25) is 0 Å². The van der Waals surface area contributed by atoms with Gasteiger partial charge in [0, 0.05) is 24.7 Å². The Kier molecular flexibility index (Phi) is 6.45. The van der Waals surface area contributed by atoms with Gasteiger partial charge in [-0.05, 0) is 61.1 Å². The van der Waals surface area contributed by atoms with Crippen LogP contribution in [0, 0.1) is 0 Å².